The summed E-state index contributed by atoms with van der Waals surface area (Å²) in [5.74, 6) is 0.650. The van der Waals surface area contributed by atoms with Gasteiger partial charge in [0.1, 0.15) is 0 Å². The molecule has 0 saturated carbocycles. The van der Waals surface area contributed by atoms with Gasteiger partial charge in [0.25, 0.3) is 0 Å². The van der Waals surface area contributed by atoms with Crippen LogP contribution in [0.4, 0.5) is 0 Å². The van der Waals surface area contributed by atoms with Gasteiger partial charge in [-0.15, -0.1) is 0 Å². The molecule has 0 radical (unpaired) electrons. The van der Waals surface area contributed by atoms with Gasteiger partial charge < -0.3 is 4.57 Å². The molecule has 3 nitrogen and oxygen atoms in total. The molecule has 0 atom stereocenters. The number of para-hydroxylation sites is 1. The van der Waals surface area contributed by atoms with Crippen LogP contribution in [0.1, 0.15) is 0 Å². The van der Waals surface area contributed by atoms with Crippen LogP contribution in [0.2, 0.25) is 0 Å². The van der Waals surface area contributed by atoms with E-state index in [1.165, 1.54) is 43.4 Å². The zero-order valence-corrected chi connectivity index (χ0v) is 37.7. The van der Waals surface area contributed by atoms with Crippen LogP contribution in [0, 0.1) is 0 Å². The molecule has 0 aliphatic heterocycles. The molecule has 0 spiro atoms. The molecule has 0 saturated heterocycles. The number of nitrogens with zero attached hydrogens (tertiary/aromatic N) is 3. The Morgan fingerprint density at radius 3 is 1.39 bits per heavy atom. The first-order valence-corrected chi connectivity index (χ1v) is 23.5. The first-order chi connectivity index (χ1) is 34.2. The molecule has 2 aromatic heterocycles. The van der Waals surface area contributed by atoms with Crippen molar-refractivity contribution in [2.75, 3.05) is 0 Å². The summed E-state index contributed by atoms with van der Waals surface area (Å²) in [6.07, 6.45) is 0. The lowest BCUT2D eigenvalue weighted by atomic mass is 9.92. The summed E-state index contributed by atoms with van der Waals surface area (Å²) < 4.78 is 2.44. The minimum absolute atomic E-state index is 0.650. The standard InChI is InChI=1S/C66H43N3/c1-5-19-44(20-6-1)48-33-34-60-59-31-17-18-32-64(59)69(65(60)42-48)55-39-52(61-41-49-27-13-14-28-56(49)57-29-15-16-30-58(57)61)38-54(40-55)66-67-62(47-25-11-4-12-26-47)43-63(68-66)53-36-50(45-21-7-2-8-22-45)35-51(37-53)46-23-9-3-10-24-46/h1-43H. The molecule has 13 aromatic rings. The molecule has 0 aliphatic carbocycles. The van der Waals surface area contributed by atoms with E-state index in [0.717, 1.165) is 78.2 Å². The van der Waals surface area contributed by atoms with E-state index < -0.39 is 0 Å². The van der Waals surface area contributed by atoms with Gasteiger partial charge in [-0.25, -0.2) is 9.97 Å². The van der Waals surface area contributed by atoms with Crippen LogP contribution in [-0.4, -0.2) is 14.5 Å². The van der Waals surface area contributed by atoms with E-state index in [4.69, 9.17) is 9.97 Å². The van der Waals surface area contributed by atoms with Gasteiger partial charge in [-0.05, 0) is 127 Å². The molecule has 0 aliphatic rings. The molecule has 13 rings (SSSR count). The van der Waals surface area contributed by atoms with Crippen molar-refractivity contribution < 1.29 is 0 Å². The van der Waals surface area contributed by atoms with Crippen molar-refractivity contribution in [2.24, 2.45) is 0 Å². The van der Waals surface area contributed by atoms with Gasteiger partial charge in [-0.1, -0.05) is 200 Å². The minimum Gasteiger partial charge on any atom is -0.309 e. The lowest BCUT2D eigenvalue weighted by Crippen LogP contribution is -2.00. The van der Waals surface area contributed by atoms with Gasteiger partial charge in [0.2, 0.25) is 0 Å². The van der Waals surface area contributed by atoms with Crippen molar-refractivity contribution in [3.05, 3.63) is 261 Å². The third-order valence-corrected chi connectivity index (χ3v) is 13.5. The minimum atomic E-state index is 0.650. The zero-order valence-electron chi connectivity index (χ0n) is 37.7. The molecule has 2 heterocycles. The van der Waals surface area contributed by atoms with Crippen molar-refractivity contribution >= 4 is 43.4 Å². The van der Waals surface area contributed by atoms with Crippen LogP contribution in [0.15, 0.2) is 261 Å². The molecule has 0 unspecified atom stereocenters. The third kappa shape index (κ3) is 7.34. The number of hydrogen-bond acceptors (Lipinski definition) is 2. The lowest BCUT2D eigenvalue weighted by molar-refractivity contribution is 1.16. The highest BCUT2D eigenvalue weighted by molar-refractivity contribution is 6.14. The Morgan fingerprint density at radius 1 is 0.246 bits per heavy atom. The van der Waals surface area contributed by atoms with Gasteiger partial charge in [0.15, 0.2) is 5.82 Å². The first kappa shape index (κ1) is 40.1. The van der Waals surface area contributed by atoms with Crippen molar-refractivity contribution in [3.8, 4) is 84.1 Å². The SMILES string of the molecule is c1ccc(-c2cc(-c3ccccc3)cc(-c3cc(-c4ccccc4)nc(-c4cc(-c5cc6ccccc6c6ccccc56)cc(-n5c6ccccc6c6ccc(-c7ccccc7)cc65)c4)n3)c2)cc1. The summed E-state index contributed by atoms with van der Waals surface area (Å²) in [5.41, 5.74) is 17.1. The van der Waals surface area contributed by atoms with E-state index in [2.05, 4.69) is 265 Å². The average Bonchev–Trinajstić information content (AvgIpc) is 3.77. The molecular weight excluding hydrogens is 835 g/mol. The highest BCUT2D eigenvalue weighted by Crippen LogP contribution is 2.42. The summed E-state index contributed by atoms with van der Waals surface area (Å²) >= 11 is 0. The fourth-order valence-electron chi connectivity index (χ4n) is 10.2. The van der Waals surface area contributed by atoms with Crippen molar-refractivity contribution in [2.45, 2.75) is 0 Å². The smallest absolute Gasteiger partial charge is 0.160 e. The molecule has 11 aromatic carbocycles. The number of rotatable bonds is 8. The number of benzene rings is 11. The Morgan fingerprint density at radius 2 is 0.725 bits per heavy atom. The molecule has 69 heavy (non-hydrogen) atoms. The molecule has 0 fully saturated rings. The predicted molar refractivity (Wildman–Crippen MR) is 289 cm³/mol. The second-order valence-electron chi connectivity index (χ2n) is 17.8. The van der Waals surface area contributed by atoms with Crippen LogP contribution in [-0.2, 0) is 0 Å². The Labute approximate surface area is 400 Å². The highest BCUT2D eigenvalue weighted by Gasteiger charge is 2.20. The molecule has 0 bridgehead atoms. The quantitative estimate of drug-likeness (QED) is 0.142. The second kappa shape index (κ2) is 16.9. The van der Waals surface area contributed by atoms with Crippen molar-refractivity contribution in [3.63, 3.8) is 0 Å². The highest BCUT2D eigenvalue weighted by atomic mass is 15.0. The van der Waals surface area contributed by atoms with Gasteiger partial charge in [0.05, 0.1) is 22.4 Å². The lowest BCUT2D eigenvalue weighted by Gasteiger charge is -2.17. The topological polar surface area (TPSA) is 30.7 Å². The van der Waals surface area contributed by atoms with Crippen molar-refractivity contribution in [1.29, 1.82) is 0 Å². The Hall–Kier alpha value is -9.18. The predicted octanol–water partition coefficient (Wildman–Crippen LogP) is 17.5. The van der Waals surface area contributed by atoms with E-state index in [0.29, 0.717) is 5.82 Å². The van der Waals surface area contributed by atoms with Gasteiger partial charge in [0, 0.05) is 33.2 Å². The number of hydrogen-bond donors (Lipinski definition) is 0. The summed E-state index contributed by atoms with van der Waals surface area (Å²) in [6, 6.07) is 93.8. The number of aromatic nitrogens is 3. The molecular formula is C66H43N3. The monoisotopic (exact) mass is 877 g/mol. The number of fused-ring (bicyclic) bond motifs is 6. The van der Waals surface area contributed by atoms with Crippen LogP contribution < -0.4 is 0 Å². The summed E-state index contributed by atoms with van der Waals surface area (Å²) in [6.45, 7) is 0. The zero-order chi connectivity index (χ0) is 45.7. The normalized spacial score (nSPS) is 11.5. The molecule has 0 N–H and O–H groups in total. The second-order valence-corrected chi connectivity index (χ2v) is 17.8. The first-order valence-electron chi connectivity index (χ1n) is 23.5. The fraction of sp³-hybridized carbons (Fsp3) is 0. The Balaban J connectivity index is 1.10. The summed E-state index contributed by atoms with van der Waals surface area (Å²) in [4.78, 5) is 11.1. The molecule has 0 amide bonds. The maximum atomic E-state index is 5.60. The van der Waals surface area contributed by atoms with Gasteiger partial charge in [-0.3, -0.25) is 0 Å². The van der Waals surface area contributed by atoms with E-state index in [1.54, 1.807) is 0 Å². The van der Waals surface area contributed by atoms with Gasteiger partial charge in [-0.2, -0.15) is 0 Å². The van der Waals surface area contributed by atoms with E-state index in [-0.39, 0.29) is 0 Å². The summed E-state index contributed by atoms with van der Waals surface area (Å²) in [5, 5.41) is 7.25. The Kier molecular flexibility index (Phi) is 9.84. The van der Waals surface area contributed by atoms with Crippen LogP contribution >= 0.6 is 0 Å². The molecule has 322 valence electrons. The van der Waals surface area contributed by atoms with E-state index in [1.807, 2.05) is 0 Å². The molecule has 3 heteroatoms. The van der Waals surface area contributed by atoms with E-state index in [9.17, 15) is 0 Å². The maximum Gasteiger partial charge on any atom is 0.160 e. The van der Waals surface area contributed by atoms with Crippen LogP contribution in [0.25, 0.3) is 127 Å². The summed E-state index contributed by atoms with van der Waals surface area (Å²) in [7, 11) is 0. The fourth-order valence-corrected chi connectivity index (χ4v) is 10.2. The maximum absolute atomic E-state index is 5.60. The largest absolute Gasteiger partial charge is 0.309 e. The average molecular weight is 878 g/mol. The van der Waals surface area contributed by atoms with E-state index >= 15 is 0 Å². The van der Waals surface area contributed by atoms with Crippen LogP contribution in [0.5, 0.6) is 0 Å². The van der Waals surface area contributed by atoms with Crippen LogP contribution in [0.3, 0.4) is 0 Å². The van der Waals surface area contributed by atoms with Gasteiger partial charge >= 0.3 is 0 Å². The Bertz CT molecular complexity index is 3990. The third-order valence-electron chi connectivity index (χ3n) is 13.5. The van der Waals surface area contributed by atoms with Crippen molar-refractivity contribution in [1.82, 2.24) is 14.5 Å².